The smallest absolute Gasteiger partial charge is 0.0798 e. The maximum absolute atomic E-state index is 5.34. The molecule has 0 bridgehead atoms. The minimum Gasteiger partial charge on any atom is -0.378 e. The second-order valence-corrected chi connectivity index (χ2v) is 4.48. The third-order valence-electron chi connectivity index (χ3n) is 2.55. The lowest BCUT2D eigenvalue weighted by molar-refractivity contribution is 0.148. The van der Waals surface area contributed by atoms with Gasteiger partial charge in [-0.15, -0.1) is 0 Å². The summed E-state index contributed by atoms with van der Waals surface area (Å²) in [5.74, 6) is 0. The van der Waals surface area contributed by atoms with Crippen LogP contribution in [-0.4, -0.2) is 33.4 Å². The largest absolute Gasteiger partial charge is 0.378 e. The van der Waals surface area contributed by atoms with Crippen LogP contribution in [-0.2, 0) is 11.2 Å². The summed E-state index contributed by atoms with van der Waals surface area (Å²) in [5.41, 5.74) is 7.67. The van der Waals surface area contributed by atoms with Gasteiger partial charge in [0.15, 0.2) is 0 Å². The lowest BCUT2D eigenvalue weighted by Gasteiger charge is -2.25. The second-order valence-electron chi connectivity index (χ2n) is 3.66. The number of nitrogens with zero attached hydrogens (tertiary/aromatic N) is 1. The van der Waals surface area contributed by atoms with Crippen molar-refractivity contribution in [1.29, 1.82) is 0 Å². The van der Waals surface area contributed by atoms with Crippen molar-refractivity contribution in [3.63, 3.8) is 0 Å². The van der Waals surface area contributed by atoms with E-state index in [1.165, 1.54) is 5.56 Å². The molecule has 1 rings (SSSR count). The summed E-state index contributed by atoms with van der Waals surface area (Å²) < 4.78 is 7.03. The summed E-state index contributed by atoms with van der Waals surface area (Å²) in [5, 5.41) is 0. The predicted octanol–water partition coefficient (Wildman–Crippen LogP) is 2.00. The number of hydrogen-bond acceptors (Lipinski definition) is 5. The summed E-state index contributed by atoms with van der Waals surface area (Å²) in [6, 6.07) is 0. The van der Waals surface area contributed by atoms with Crippen LogP contribution in [0.4, 0.5) is 5.69 Å². The molecule has 0 aromatic heterocycles. The monoisotopic (exact) mass is 258 g/mol. The molecule has 0 aliphatic heterocycles. The van der Waals surface area contributed by atoms with Crippen LogP contribution >= 0.6 is 24.4 Å². The van der Waals surface area contributed by atoms with E-state index in [1.807, 2.05) is 7.05 Å². The zero-order valence-corrected chi connectivity index (χ0v) is 11.4. The number of anilines is 1. The summed E-state index contributed by atoms with van der Waals surface area (Å²) in [6.45, 7) is 4.76. The van der Waals surface area contributed by atoms with Crippen molar-refractivity contribution in [2.24, 2.45) is 5.73 Å². The molecule has 0 radical (unpaired) electrons. The zero-order valence-electron chi connectivity index (χ0n) is 9.78. The quantitative estimate of drug-likeness (QED) is 0.598. The van der Waals surface area contributed by atoms with Crippen molar-refractivity contribution < 1.29 is 4.74 Å². The van der Waals surface area contributed by atoms with E-state index in [0.29, 0.717) is 19.8 Å². The first kappa shape index (κ1) is 13.7. The van der Waals surface area contributed by atoms with Crippen LogP contribution in [0.15, 0.2) is 0 Å². The van der Waals surface area contributed by atoms with Gasteiger partial charge in [0, 0.05) is 20.1 Å². The van der Waals surface area contributed by atoms with Gasteiger partial charge in [-0.1, -0.05) is 31.4 Å². The highest BCUT2D eigenvalue weighted by atomic mass is 32.1. The first-order valence-corrected chi connectivity index (χ1v) is 6.26. The molecule has 0 atom stereocenters. The van der Waals surface area contributed by atoms with Crippen LogP contribution < -0.4 is 10.6 Å². The molecule has 0 amide bonds. The Morgan fingerprint density at radius 1 is 1.25 bits per heavy atom. The van der Waals surface area contributed by atoms with Crippen LogP contribution in [0.25, 0.3) is 0 Å². The maximum atomic E-state index is 5.34. The minimum atomic E-state index is 0.565. The van der Waals surface area contributed by atoms with Gasteiger partial charge in [-0.2, -0.15) is 0 Å². The summed E-state index contributed by atoms with van der Waals surface area (Å²) in [7, 11) is 2.02. The topological polar surface area (TPSA) is 38.5 Å². The molecule has 3 nitrogen and oxygen atoms in total. The number of likely N-dealkylation sites (N-methyl/N-ethyl adjacent to an activating group) is 1. The highest BCUT2D eigenvalue weighted by Crippen LogP contribution is 2.29. The fourth-order valence-electron chi connectivity index (χ4n) is 1.66. The Bertz CT molecular complexity index is 410. The molecule has 1 aromatic rings. The fourth-order valence-corrected chi connectivity index (χ4v) is 2.40. The van der Waals surface area contributed by atoms with E-state index in [1.54, 1.807) is 0 Å². The second kappa shape index (κ2) is 6.39. The van der Waals surface area contributed by atoms with E-state index in [-0.39, 0.29) is 0 Å². The van der Waals surface area contributed by atoms with Crippen molar-refractivity contribution in [3.8, 4) is 0 Å². The van der Waals surface area contributed by atoms with E-state index in [4.69, 9.17) is 34.9 Å². The van der Waals surface area contributed by atoms with E-state index in [2.05, 4.69) is 11.8 Å². The first-order valence-electron chi connectivity index (χ1n) is 5.44. The van der Waals surface area contributed by atoms with Gasteiger partial charge in [0.05, 0.1) is 27.9 Å². The van der Waals surface area contributed by atoms with Crippen molar-refractivity contribution in [2.75, 3.05) is 38.3 Å². The molecule has 0 saturated heterocycles. The number of rotatable bonds is 7. The van der Waals surface area contributed by atoms with Crippen LogP contribution in [0.3, 0.4) is 0 Å². The normalized spacial score (nSPS) is 10.9. The van der Waals surface area contributed by atoms with Gasteiger partial charge < -0.3 is 15.4 Å². The molecule has 16 heavy (non-hydrogen) atoms. The van der Waals surface area contributed by atoms with Gasteiger partial charge in [-0.05, 0) is 12.0 Å². The van der Waals surface area contributed by atoms with E-state index in [0.717, 1.165) is 27.7 Å². The maximum Gasteiger partial charge on any atom is 0.0798 e. The van der Waals surface area contributed by atoms with Gasteiger partial charge in [-0.3, -0.25) is 0 Å². The highest BCUT2D eigenvalue weighted by molar-refractivity contribution is 7.74. The van der Waals surface area contributed by atoms with Gasteiger partial charge in [-0.25, -0.2) is 0 Å². The zero-order chi connectivity index (χ0) is 12.1. The van der Waals surface area contributed by atoms with Crippen molar-refractivity contribution >= 4 is 30.1 Å². The fraction of sp³-hybridized carbons (Fsp3) is 0.636. The molecule has 0 spiro atoms. The molecule has 0 unspecified atom stereocenters. The first-order chi connectivity index (χ1) is 7.63. The minimum absolute atomic E-state index is 0.565. The summed E-state index contributed by atoms with van der Waals surface area (Å²) in [4.78, 5) is 2.12. The number of ether oxygens (including phenoxy) is 1. The van der Waals surface area contributed by atoms with Crippen molar-refractivity contribution in [2.45, 2.75) is 13.3 Å². The third-order valence-corrected chi connectivity index (χ3v) is 3.53. The Kier molecular flexibility index (Phi) is 5.48. The number of hydrogen-bond donors (Lipinski definition) is 1. The molecule has 1 aromatic carbocycles. The van der Waals surface area contributed by atoms with Crippen LogP contribution in [0.1, 0.15) is 12.5 Å². The van der Waals surface area contributed by atoms with Gasteiger partial charge >= 0.3 is 0 Å². The Hall–Kier alpha value is -0.360. The molecule has 0 aliphatic carbocycles. The summed E-state index contributed by atoms with van der Waals surface area (Å²) in [6.07, 6.45) is 0.947. The molecule has 0 aliphatic rings. The van der Waals surface area contributed by atoms with Gasteiger partial charge in [0.25, 0.3) is 0 Å². The average Bonchev–Trinajstić information content (AvgIpc) is 2.29. The molecule has 0 heterocycles. The predicted molar refractivity (Wildman–Crippen MR) is 73.0 cm³/mol. The van der Waals surface area contributed by atoms with Crippen LogP contribution in [0.5, 0.6) is 0 Å². The molecule has 2 N–H and O–H groups in total. The van der Waals surface area contributed by atoms with Crippen molar-refractivity contribution in [3.05, 3.63) is 14.6 Å². The number of nitrogens with two attached hydrogens (primary N) is 1. The van der Waals surface area contributed by atoms with Crippen LogP contribution in [0.2, 0.25) is 0 Å². The lowest BCUT2D eigenvalue weighted by atomic mass is 10.1. The highest BCUT2D eigenvalue weighted by Gasteiger charge is 2.16. The molecule has 0 fully saturated rings. The van der Waals surface area contributed by atoms with Gasteiger partial charge in [0.2, 0.25) is 0 Å². The Morgan fingerprint density at radius 2 is 1.94 bits per heavy atom. The Balaban J connectivity index is 2.53. The van der Waals surface area contributed by atoms with Gasteiger partial charge in [0.1, 0.15) is 0 Å². The molecule has 0 saturated carbocycles. The Labute approximate surface area is 107 Å². The molecule has 5 heteroatoms. The molecular weight excluding hydrogens is 240 g/mol. The van der Waals surface area contributed by atoms with E-state index in [9.17, 15) is 0 Å². The van der Waals surface area contributed by atoms with Crippen molar-refractivity contribution in [1.82, 2.24) is 0 Å². The molecule has 90 valence electrons. The summed E-state index contributed by atoms with van der Waals surface area (Å²) >= 11 is 10.5. The Morgan fingerprint density at radius 3 is 2.50 bits per heavy atom. The molecular formula is C11H18N2OS2. The van der Waals surface area contributed by atoms with E-state index >= 15 is 0 Å². The standard InChI is InChI=1S/C11H18N2OS2/c1-3-8-9(11(16)10(8)15)13(2)5-7-14-6-4-12/h3-7,12H2,1-2H3. The van der Waals surface area contributed by atoms with E-state index < -0.39 is 0 Å². The third kappa shape index (κ3) is 2.85. The lowest BCUT2D eigenvalue weighted by Crippen LogP contribution is -2.26. The average molecular weight is 258 g/mol. The van der Waals surface area contributed by atoms with Crippen LogP contribution in [0, 0.1) is 9.02 Å². The SMILES string of the molecule is CCc1c(N(C)CCOCCN)c(=S)c1=S.